The Bertz CT molecular complexity index is 1500. The highest BCUT2D eigenvalue weighted by Crippen LogP contribution is 2.41. The predicted molar refractivity (Wildman–Crippen MR) is 136 cm³/mol. The zero-order valence-corrected chi connectivity index (χ0v) is 21.4. The van der Waals surface area contributed by atoms with Crippen molar-refractivity contribution in [2.24, 2.45) is 0 Å². The van der Waals surface area contributed by atoms with Gasteiger partial charge in [0.15, 0.2) is 16.9 Å². The van der Waals surface area contributed by atoms with Gasteiger partial charge >= 0.3 is 0 Å². The molecule has 2 fully saturated rings. The molecule has 3 heterocycles. The van der Waals surface area contributed by atoms with Gasteiger partial charge in [0, 0.05) is 24.3 Å². The fourth-order valence-corrected chi connectivity index (χ4v) is 4.60. The lowest BCUT2D eigenvalue weighted by atomic mass is 9.99. The molecule has 16 heteroatoms. The maximum atomic E-state index is 13.0. The Morgan fingerprint density at radius 1 is 0.762 bits per heavy atom. The summed E-state index contributed by atoms with van der Waals surface area (Å²) in [5.74, 6) is -2.69. The van der Waals surface area contributed by atoms with Gasteiger partial charge in [-0.3, -0.25) is 4.79 Å². The van der Waals surface area contributed by atoms with Crippen LogP contribution in [0.15, 0.2) is 39.5 Å². The average molecular weight is 596 g/mol. The molecule has 2 aliphatic heterocycles. The molecule has 228 valence electrons. The number of aliphatic hydroxyl groups is 7. The van der Waals surface area contributed by atoms with Gasteiger partial charge in [-0.2, -0.15) is 0 Å². The molecule has 2 saturated heterocycles. The summed E-state index contributed by atoms with van der Waals surface area (Å²) in [4.78, 5) is 13.0. The van der Waals surface area contributed by atoms with Gasteiger partial charge in [-0.1, -0.05) is 0 Å². The maximum absolute atomic E-state index is 13.0. The van der Waals surface area contributed by atoms with Crippen LogP contribution in [0, 0.1) is 0 Å². The van der Waals surface area contributed by atoms with Crippen molar-refractivity contribution >= 4 is 11.0 Å². The van der Waals surface area contributed by atoms with Crippen molar-refractivity contribution in [2.45, 2.75) is 55.3 Å². The molecule has 0 unspecified atom stereocenters. The SMILES string of the molecule is O=c1cc(-c2cc(O)c(O)cc2O[C@@H]2OC[C@H](O)[C@@H](O)[C@@H]2O)oc2cc(O[C@@H]3O[C@H](CO)[C@@H](O)[C@H](O)[C@H]3O)cc(O)c12. The molecule has 0 saturated carbocycles. The number of rotatable bonds is 6. The summed E-state index contributed by atoms with van der Waals surface area (Å²) in [6.45, 7) is -1.11. The molecule has 2 aliphatic rings. The van der Waals surface area contributed by atoms with Gasteiger partial charge in [0.2, 0.25) is 12.6 Å². The maximum Gasteiger partial charge on any atom is 0.229 e. The van der Waals surface area contributed by atoms with Crippen LogP contribution in [-0.4, -0.2) is 120 Å². The average Bonchev–Trinajstić information content (AvgIpc) is 2.94. The number of phenolic OH excluding ortho intramolecular Hbond substituents is 3. The van der Waals surface area contributed by atoms with Gasteiger partial charge in [0.05, 0.1) is 18.8 Å². The van der Waals surface area contributed by atoms with Crippen LogP contribution >= 0.6 is 0 Å². The van der Waals surface area contributed by atoms with Crippen molar-refractivity contribution in [3.63, 3.8) is 0 Å². The number of ether oxygens (including phenoxy) is 4. The number of aromatic hydroxyl groups is 3. The van der Waals surface area contributed by atoms with Crippen LogP contribution in [0.3, 0.4) is 0 Å². The van der Waals surface area contributed by atoms with Gasteiger partial charge in [0.1, 0.15) is 76.7 Å². The molecule has 42 heavy (non-hydrogen) atoms. The van der Waals surface area contributed by atoms with Crippen molar-refractivity contribution < 1.29 is 74.4 Å². The highest BCUT2D eigenvalue weighted by molar-refractivity contribution is 5.86. The van der Waals surface area contributed by atoms with Crippen LogP contribution in [0.25, 0.3) is 22.3 Å². The van der Waals surface area contributed by atoms with Crippen LogP contribution in [0.1, 0.15) is 0 Å². The highest BCUT2D eigenvalue weighted by atomic mass is 16.7. The second-order valence-corrected chi connectivity index (χ2v) is 9.81. The molecule has 2 aromatic carbocycles. The van der Waals surface area contributed by atoms with Gasteiger partial charge in [0.25, 0.3) is 0 Å². The minimum atomic E-state index is -1.77. The summed E-state index contributed by atoms with van der Waals surface area (Å²) >= 11 is 0. The molecular weight excluding hydrogens is 568 g/mol. The van der Waals surface area contributed by atoms with Gasteiger partial charge in [-0.25, -0.2) is 0 Å². The summed E-state index contributed by atoms with van der Waals surface area (Å²) in [5.41, 5.74) is -1.18. The molecule has 16 nitrogen and oxygen atoms in total. The number of phenols is 3. The molecule has 0 bridgehead atoms. The van der Waals surface area contributed by atoms with E-state index in [0.717, 1.165) is 30.3 Å². The first-order valence-electron chi connectivity index (χ1n) is 12.6. The molecule has 0 amide bonds. The molecule has 0 radical (unpaired) electrons. The largest absolute Gasteiger partial charge is 0.507 e. The van der Waals surface area contributed by atoms with E-state index in [1.165, 1.54) is 0 Å². The smallest absolute Gasteiger partial charge is 0.229 e. The summed E-state index contributed by atoms with van der Waals surface area (Å²) in [6.07, 6.45) is -14.3. The number of fused-ring (bicyclic) bond motifs is 1. The lowest BCUT2D eigenvalue weighted by Crippen LogP contribution is -2.60. The van der Waals surface area contributed by atoms with Crippen molar-refractivity contribution in [1.82, 2.24) is 0 Å². The monoisotopic (exact) mass is 596 g/mol. The number of hydrogen-bond acceptors (Lipinski definition) is 16. The second-order valence-electron chi connectivity index (χ2n) is 9.81. The molecule has 1 aromatic heterocycles. The van der Waals surface area contributed by atoms with Crippen LogP contribution in [0.4, 0.5) is 0 Å². The van der Waals surface area contributed by atoms with Gasteiger partial charge in [-0.05, 0) is 6.07 Å². The lowest BCUT2D eigenvalue weighted by molar-refractivity contribution is -0.277. The predicted octanol–water partition coefficient (Wildman–Crippen LogP) is -2.43. The fourth-order valence-electron chi connectivity index (χ4n) is 4.60. The van der Waals surface area contributed by atoms with Crippen molar-refractivity contribution in [1.29, 1.82) is 0 Å². The van der Waals surface area contributed by atoms with Crippen LogP contribution in [0.5, 0.6) is 28.7 Å². The molecule has 0 aliphatic carbocycles. The Kier molecular flexibility index (Phi) is 8.17. The third-order valence-electron chi connectivity index (χ3n) is 6.92. The summed E-state index contributed by atoms with van der Waals surface area (Å²) in [5, 5.41) is 100. The summed E-state index contributed by atoms with van der Waals surface area (Å²) in [7, 11) is 0. The molecule has 5 rings (SSSR count). The zero-order valence-electron chi connectivity index (χ0n) is 21.4. The molecule has 3 aromatic rings. The third-order valence-corrected chi connectivity index (χ3v) is 6.92. The number of hydrogen-bond donors (Lipinski definition) is 10. The number of benzene rings is 2. The number of aliphatic hydroxyl groups excluding tert-OH is 7. The van der Waals surface area contributed by atoms with Crippen molar-refractivity contribution in [2.75, 3.05) is 13.2 Å². The minimum absolute atomic E-state index is 0.138. The Morgan fingerprint density at radius 3 is 2.17 bits per heavy atom. The zero-order chi connectivity index (χ0) is 30.5. The molecule has 9 atom stereocenters. The minimum Gasteiger partial charge on any atom is -0.507 e. The lowest BCUT2D eigenvalue weighted by Gasteiger charge is -2.39. The molecule has 10 N–H and O–H groups in total. The second kappa shape index (κ2) is 11.5. The van der Waals surface area contributed by atoms with Crippen LogP contribution in [0.2, 0.25) is 0 Å². The molecule has 0 spiro atoms. The summed E-state index contributed by atoms with van der Waals surface area (Å²) in [6, 6.07) is 4.98. The standard InChI is InChI=1S/C26H28O16/c27-6-18-21(34)22(35)24(37)26(42-18)39-8-1-12(30)19-13(31)5-15(40-17(19)2-8)9-3-10(28)11(29)4-16(9)41-25-23(36)20(33)14(32)7-38-25/h1-5,14,18,20-30,32-37H,6-7H2/t14-,18+,20+,21+,22-,23-,24+,25-,26+/m0/s1. The van der Waals surface area contributed by atoms with E-state index in [9.17, 15) is 55.9 Å². The Labute approximate surface area is 235 Å². The molecular formula is C26H28O16. The first kappa shape index (κ1) is 29.8. The quantitative estimate of drug-likeness (QED) is 0.133. The van der Waals surface area contributed by atoms with Gasteiger partial charge in [-0.15, -0.1) is 0 Å². The van der Waals surface area contributed by atoms with E-state index >= 15 is 0 Å². The van der Waals surface area contributed by atoms with E-state index < -0.39 is 91.2 Å². The van der Waals surface area contributed by atoms with E-state index in [0.29, 0.717) is 0 Å². The Balaban J connectivity index is 1.52. The van der Waals surface area contributed by atoms with Crippen LogP contribution < -0.4 is 14.9 Å². The van der Waals surface area contributed by atoms with E-state index in [1.807, 2.05) is 0 Å². The van der Waals surface area contributed by atoms with Gasteiger partial charge < -0.3 is 74.4 Å². The van der Waals surface area contributed by atoms with E-state index in [2.05, 4.69) is 0 Å². The van der Waals surface area contributed by atoms with Crippen LogP contribution in [-0.2, 0) is 9.47 Å². The Morgan fingerprint density at radius 2 is 1.45 bits per heavy atom. The fraction of sp³-hybridized carbons (Fsp3) is 0.423. The van der Waals surface area contributed by atoms with Crippen molar-refractivity contribution in [3.05, 3.63) is 40.6 Å². The Hall–Kier alpha value is -3.71. The first-order valence-corrected chi connectivity index (χ1v) is 12.6. The topological polar surface area (TPSA) is 269 Å². The van der Waals surface area contributed by atoms with E-state index in [4.69, 9.17) is 23.4 Å². The van der Waals surface area contributed by atoms with E-state index in [1.54, 1.807) is 0 Å². The third kappa shape index (κ3) is 5.42. The van der Waals surface area contributed by atoms with Crippen molar-refractivity contribution in [3.8, 4) is 40.1 Å². The highest BCUT2D eigenvalue weighted by Gasteiger charge is 2.45. The summed E-state index contributed by atoms with van der Waals surface area (Å²) < 4.78 is 27.4. The first-order chi connectivity index (χ1) is 19.9. The normalized spacial score (nSPS) is 31.6. The van der Waals surface area contributed by atoms with E-state index in [-0.39, 0.29) is 33.8 Å².